The third-order valence-electron chi connectivity index (χ3n) is 16.4. The molecule has 0 aliphatic carbocycles. The molecule has 1 amide bonds. The minimum atomic E-state index is -4.58. The zero-order valence-electron chi connectivity index (χ0n) is 53.9. The smallest absolute Gasteiger partial charge is 0.268 e. The van der Waals surface area contributed by atoms with E-state index >= 15 is 0 Å². The molecule has 2 N–H and O–H groups in total. The molecule has 0 bridgehead atoms. The second kappa shape index (κ2) is 61.5. The Balaban J connectivity index is 3.98. The zero-order chi connectivity index (χ0) is 57.7. The molecule has 0 aromatic rings. The lowest BCUT2D eigenvalue weighted by molar-refractivity contribution is -0.870. The number of quaternary nitrogens is 1. The number of hydrogen-bond donors (Lipinski definition) is 2. The van der Waals surface area contributed by atoms with Crippen molar-refractivity contribution in [1.29, 1.82) is 0 Å². The first-order valence-corrected chi connectivity index (χ1v) is 36.6. The van der Waals surface area contributed by atoms with Crippen molar-refractivity contribution in [2.45, 2.75) is 379 Å². The first kappa shape index (κ1) is 78.0. The number of unbranched alkanes of at least 4 members (excludes halogenated alkanes) is 49. The van der Waals surface area contributed by atoms with Gasteiger partial charge in [0.15, 0.2) is 0 Å². The number of nitrogens with zero attached hydrogens (tertiary/aromatic N) is 1. The normalized spacial score (nSPS) is 13.8. The van der Waals surface area contributed by atoms with Crippen molar-refractivity contribution < 1.29 is 32.9 Å². The van der Waals surface area contributed by atoms with Crippen LogP contribution in [0.3, 0.4) is 0 Å². The van der Waals surface area contributed by atoms with Gasteiger partial charge in [-0.1, -0.05) is 340 Å². The van der Waals surface area contributed by atoms with Crippen molar-refractivity contribution in [3.05, 3.63) is 24.3 Å². The maximum Gasteiger partial charge on any atom is 0.268 e. The number of carbonyl (C=O) groups is 1. The fourth-order valence-electron chi connectivity index (χ4n) is 11.0. The Morgan fingerprint density at radius 2 is 0.734 bits per heavy atom. The number of likely N-dealkylation sites (N-methyl/N-ethyl adjacent to an activating group) is 1. The van der Waals surface area contributed by atoms with Crippen molar-refractivity contribution >= 4 is 13.7 Å². The van der Waals surface area contributed by atoms with Crippen LogP contribution in [0.4, 0.5) is 0 Å². The van der Waals surface area contributed by atoms with Gasteiger partial charge in [-0.3, -0.25) is 9.36 Å². The summed E-state index contributed by atoms with van der Waals surface area (Å²) in [6, 6.07) is -0.799. The van der Waals surface area contributed by atoms with Crippen molar-refractivity contribution in [3.8, 4) is 0 Å². The van der Waals surface area contributed by atoms with E-state index in [1.807, 2.05) is 21.1 Å². The van der Waals surface area contributed by atoms with Gasteiger partial charge in [-0.05, 0) is 44.9 Å². The van der Waals surface area contributed by atoms with Crippen LogP contribution in [0.5, 0.6) is 0 Å². The minimum Gasteiger partial charge on any atom is -0.756 e. The number of hydrogen-bond acceptors (Lipinski definition) is 6. The summed E-state index contributed by atoms with van der Waals surface area (Å²) in [5.41, 5.74) is 0. The van der Waals surface area contributed by atoms with Gasteiger partial charge in [0.2, 0.25) is 5.91 Å². The number of nitrogens with one attached hydrogen (secondary N) is 1. The van der Waals surface area contributed by atoms with E-state index in [1.165, 1.54) is 295 Å². The van der Waals surface area contributed by atoms with Crippen LogP contribution < -0.4 is 10.2 Å². The van der Waals surface area contributed by atoms with Gasteiger partial charge in [-0.15, -0.1) is 0 Å². The van der Waals surface area contributed by atoms with Crippen LogP contribution in [0.2, 0.25) is 0 Å². The van der Waals surface area contributed by atoms with Crippen LogP contribution in [0.15, 0.2) is 24.3 Å². The molecule has 0 saturated carbocycles. The fourth-order valence-corrected chi connectivity index (χ4v) is 11.7. The van der Waals surface area contributed by atoms with E-state index in [9.17, 15) is 19.4 Å². The number of allylic oxidation sites excluding steroid dienone is 4. The van der Waals surface area contributed by atoms with Gasteiger partial charge < -0.3 is 28.8 Å². The highest BCUT2D eigenvalue weighted by Crippen LogP contribution is 2.38. The molecule has 470 valence electrons. The molecule has 9 heteroatoms. The molecule has 0 saturated heterocycles. The summed E-state index contributed by atoms with van der Waals surface area (Å²) in [5, 5.41) is 14.1. The molecule has 0 heterocycles. The molecule has 0 rings (SSSR count). The standard InChI is InChI=1S/C70H139N2O6P/c1-6-8-10-12-14-16-18-20-22-24-26-28-30-32-33-34-35-36-37-38-39-40-42-44-46-48-50-52-54-56-58-60-62-64-70(74)71-68(67-78-79(75,76)77-66-65-72(3,4)5)69(73)63-61-59-57-55-53-51-49-47-45-43-41-31-29-27-25-23-21-19-17-15-13-11-9-7-2/h18,20,24,26,68-69,73H,6-17,19,21-23,25,27-67H2,1-5H3,(H-,71,74,75,76)/b20-18-,26-24-. The van der Waals surface area contributed by atoms with Gasteiger partial charge in [0.1, 0.15) is 13.2 Å². The van der Waals surface area contributed by atoms with E-state index in [2.05, 4.69) is 43.5 Å². The van der Waals surface area contributed by atoms with Crippen LogP contribution in [0, 0.1) is 0 Å². The Bertz CT molecular complexity index is 1340. The Kier molecular flexibility index (Phi) is 60.7. The molecule has 3 unspecified atom stereocenters. The van der Waals surface area contributed by atoms with Gasteiger partial charge in [0, 0.05) is 6.42 Å². The topological polar surface area (TPSA) is 108 Å². The number of phosphoric ester groups is 1. The average molecular weight is 1140 g/mol. The summed E-state index contributed by atoms with van der Waals surface area (Å²) < 4.78 is 23.5. The first-order valence-electron chi connectivity index (χ1n) is 35.2. The lowest BCUT2D eigenvalue weighted by atomic mass is 10.0. The second-order valence-electron chi connectivity index (χ2n) is 25.6. The molecule has 79 heavy (non-hydrogen) atoms. The molecule has 0 fully saturated rings. The third-order valence-corrected chi connectivity index (χ3v) is 17.4. The number of aliphatic hydroxyl groups excluding tert-OH is 1. The molecular weight excluding hydrogens is 996 g/mol. The lowest BCUT2D eigenvalue weighted by Crippen LogP contribution is -2.46. The van der Waals surface area contributed by atoms with Gasteiger partial charge in [-0.2, -0.15) is 0 Å². The van der Waals surface area contributed by atoms with E-state index in [0.717, 1.165) is 44.9 Å². The van der Waals surface area contributed by atoms with Crippen molar-refractivity contribution in [2.24, 2.45) is 0 Å². The number of carbonyl (C=O) groups excluding carboxylic acids is 1. The molecule has 3 atom stereocenters. The quantitative estimate of drug-likeness (QED) is 0.0272. The third kappa shape index (κ3) is 64.4. The lowest BCUT2D eigenvalue weighted by Gasteiger charge is -2.30. The fraction of sp³-hybridized carbons (Fsp3) is 0.929. The van der Waals surface area contributed by atoms with E-state index in [4.69, 9.17) is 9.05 Å². The molecule has 0 radical (unpaired) electrons. The number of aliphatic hydroxyl groups is 1. The van der Waals surface area contributed by atoms with E-state index in [0.29, 0.717) is 23.9 Å². The monoisotopic (exact) mass is 1140 g/mol. The summed E-state index contributed by atoms with van der Waals surface area (Å²) in [6.45, 7) is 4.77. The summed E-state index contributed by atoms with van der Waals surface area (Å²) >= 11 is 0. The maximum absolute atomic E-state index is 13.1. The number of rotatable bonds is 66. The van der Waals surface area contributed by atoms with E-state index < -0.39 is 20.0 Å². The molecule has 0 spiro atoms. The predicted molar refractivity (Wildman–Crippen MR) is 344 cm³/mol. The van der Waals surface area contributed by atoms with Crippen LogP contribution >= 0.6 is 7.82 Å². The van der Waals surface area contributed by atoms with Crippen LogP contribution in [0.1, 0.15) is 367 Å². The Hall–Kier alpha value is -1.02. The average Bonchev–Trinajstić information content (AvgIpc) is 3.42. The maximum atomic E-state index is 13.1. The van der Waals surface area contributed by atoms with Gasteiger partial charge >= 0.3 is 0 Å². The van der Waals surface area contributed by atoms with E-state index in [-0.39, 0.29) is 19.1 Å². The van der Waals surface area contributed by atoms with Crippen LogP contribution in [-0.4, -0.2) is 68.5 Å². The molecule has 0 aromatic heterocycles. The minimum absolute atomic E-state index is 0.0152. The highest BCUT2D eigenvalue weighted by Gasteiger charge is 2.24. The van der Waals surface area contributed by atoms with Crippen molar-refractivity contribution in [1.82, 2.24) is 5.32 Å². The first-order chi connectivity index (χ1) is 38.5. The molecule has 0 aliphatic rings. The van der Waals surface area contributed by atoms with Crippen LogP contribution in [-0.2, 0) is 18.4 Å². The molecule has 0 aliphatic heterocycles. The highest BCUT2D eigenvalue weighted by atomic mass is 31.2. The number of amides is 1. The second-order valence-corrected chi connectivity index (χ2v) is 27.0. The van der Waals surface area contributed by atoms with Crippen LogP contribution in [0.25, 0.3) is 0 Å². The summed E-state index contributed by atoms with van der Waals surface area (Å²) in [5.74, 6) is -0.156. The summed E-state index contributed by atoms with van der Waals surface area (Å²) in [4.78, 5) is 25.7. The zero-order valence-corrected chi connectivity index (χ0v) is 54.8. The van der Waals surface area contributed by atoms with Crippen molar-refractivity contribution in [2.75, 3.05) is 40.9 Å². The molecule has 8 nitrogen and oxygen atoms in total. The molecule has 0 aromatic carbocycles. The SMILES string of the molecule is CCCCCCC/C=C\C/C=C\CCCCCCCCCCCCCCCCCCCCCCCC(=O)NC(COP(=O)([O-])OCC[N+](C)(C)C)C(O)CCCCCCCCCCCCCCCCCCCCCCCCCC. The summed E-state index contributed by atoms with van der Waals surface area (Å²) in [7, 11) is 1.33. The van der Waals surface area contributed by atoms with Gasteiger partial charge in [0.25, 0.3) is 7.82 Å². The largest absolute Gasteiger partial charge is 0.756 e. The van der Waals surface area contributed by atoms with E-state index in [1.54, 1.807) is 0 Å². The Morgan fingerprint density at radius 1 is 0.443 bits per heavy atom. The summed E-state index contributed by atoms with van der Waals surface area (Å²) in [6.07, 6.45) is 79.7. The Morgan fingerprint density at radius 3 is 1.05 bits per heavy atom. The molecular formula is C70H139N2O6P. The van der Waals surface area contributed by atoms with Gasteiger partial charge in [0.05, 0.1) is 39.9 Å². The highest BCUT2D eigenvalue weighted by molar-refractivity contribution is 7.45. The van der Waals surface area contributed by atoms with Gasteiger partial charge in [-0.25, -0.2) is 0 Å². The Labute approximate surface area is 494 Å². The number of phosphoric acid groups is 1. The van der Waals surface area contributed by atoms with Crippen molar-refractivity contribution in [3.63, 3.8) is 0 Å². The predicted octanol–water partition coefficient (Wildman–Crippen LogP) is 21.6.